The molecule has 26 heavy (non-hydrogen) atoms. The molecule has 0 spiro atoms. The summed E-state index contributed by atoms with van der Waals surface area (Å²) < 4.78 is 19.2. The van der Waals surface area contributed by atoms with Gasteiger partial charge in [-0.15, -0.1) is 21.5 Å². The van der Waals surface area contributed by atoms with Crippen molar-refractivity contribution in [3.05, 3.63) is 66.3 Å². The van der Waals surface area contributed by atoms with Crippen LogP contribution in [0.4, 0.5) is 10.2 Å². The highest BCUT2D eigenvalue weighted by atomic mass is 32.1. The number of aromatic nitrogens is 2. The van der Waals surface area contributed by atoms with Gasteiger partial charge in [-0.2, -0.15) is 0 Å². The third-order valence-electron chi connectivity index (χ3n) is 3.79. The third-order valence-corrected chi connectivity index (χ3v) is 4.98. The number of hydrogen-bond donors (Lipinski definition) is 2. The van der Waals surface area contributed by atoms with E-state index < -0.39 is 12.1 Å². The van der Waals surface area contributed by atoms with E-state index in [1.807, 2.05) is 18.2 Å². The van der Waals surface area contributed by atoms with Crippen molar-refractivity contribution in [3.63, 3.8) is 0 Å². The molecule has 0 aliphatic carbocycles. The zero-order valence-corrected chi connectivity index (χ0v) is 14.2. The number of fused-ring (bicyclic) bond motifs is 1. The van der Waals surface area contributed by atoms with Crippen molar-refractivity contribution < 1.29 is 13.9 Å². The fourth-order valence-corrected chi connectivity index (χ4v) is 3.72. The average Bonchev–Trinajstić information content (AvgIpc) is 3.09. The molecular formula is C18H13FN4O2S. The maximum absolute atomic E-state index is 13.2. The van der Waals surface area contributed by atoms with Gasteiger partial charge in [0, 0.05) is 10.3 Å². The molecule has 3 N–H and O–H groups in total. The van der Waals surface area contributed by atoms with Gasteiger partial charge in [0.05, 0.1) is 11.0 Å². The number of rotatable bonds is 4. The number of anilines is 1. The second-order valence-electron chi connectivity index (χ2n) is 5.54. The number of primary amides is 1. The largest absolute Gasteiger partial charge is 0.475 e. The van der Waals surface area contributed by atoms with E-state index in [4.69, 9.17) is 10.5 Å². The predicted octanol–water partition coefficient (Wildman–Crippen LogP) is 3.43. The van der Waals surface area contributed by atoms with E-state index in [9.17, 15) is 9.18 Å². The zero-order valence-electron chi connectivity index (χ0n) is 13.3. The number of ether oxygens (including phenoxy) is 1. The Morgan fingerprint density at radius 2 is 2.04 bits per heavy atom. The van der Waals surface area contributed by atoms with Crippen LogP contribution >= 0.6 is 11.3 Å². The van der Waals surface area contributed by atoms with Crippen molar-refractivity contribution in [2.45, 2.75) is 6.23 Å². The normalized spacial score (nSPS) is 15.8. The van der Waals surface area contributed by atoms with Gasteiger partial charge in [-0.25, -0.2) is 4.39 Å². The monoisotopic (exact) mass is 368 g/mol. The van der Waals surface area contributed by atoms with Crippen LogP contribution in [0, 0.1) is 5.82 Å². The first-order valence-electron chi connectivity index (χ1n) is 7.73. The fraction of sp³-hybridized carbons (Fsp3) is 0.0556. The highest BCUT2D eigenvalue weighted by Crippen LogP contribution is 2.37. The molecular weight excluding hydrogens is 355 g/mol. The van der Waals surface area contributed by atoms with Crippen LogP contribution in [-0.4, -0.2) is 22.3 Å². The molecule has 0 fully saturated rings. The van der Waals surface area contributed by atoms with Crippen LogP contribution in [0.1, 0.15) is 10.5 Å². The molecule has 2 aromatic heterocycles. The van der Waals surface area contributed by atoms with Gasteiger partial charge in [0.25, 0.3) is 5.91 Å². The molecule has 0 saturated heterocycles. The lowest BCUT2D eigenvalue weighted by Gasteiger charge is -2.17. The zero-order chi connectivity index (χ0) is 18.1. The van der Waals surface area contributed by atoms with E-state index in [-0.39, 0.29) is 11.5 Å². The maximum Gasteiger partial charge on any atom is 0.270 e. The van der Waals surface area contributed by atoms with E-state index in [1.165, 1.54) is 23.5 Å². The topological polar surface area (TPSA) is 90.1 Å². The molecule has 1 unspecified atom stereocenters. The van der Waals surface area contributed by atoms with Crippen molar-refractivity contribution in [3.8, 4) is 10.4 Å². The Labute approximate surface area is 151 Å². The number of benzene rings is 1. The summed E-state index contributed by atoms with van der Waals surface area (Å²) >= 11 is 1.35. The number of nitrogens with two attached hydrogens (primary N) is 1. The summed E-state index contributed by atoms with van der Waals surface area (Å²) in [4.78, 5) is 12.6. The van der Waals surface area contributed by atoms with Crippen molar-refractivity contribution in [1.82, 2.24) is 10.2 Å². The van der Waals surface area contributed by atoms with Crippen molar-refractivity contribution in [2.75, 3.05) is 5.32 Å². The summed E-state index contributed by atoms with van der Waals surface area (Å²) in [6, 6.07) is 8.00. The van der Waals surface area contributed by atoms with Crippen LogP contribution in [0.5, 0.6) is 0 Å². The molecule has 1 amide bonds. The molecule has 6 nitrogen and oxygen atoms in total. The fourth-order valence-electron chi connectivity index (χ4n) is 2.57. The molecule has 0 bridgehead atoms. The number of thiophene rings is 1. The second kappa shape index (κ2) is 6.57. The van der Waals surface area contributed by atoms with Crippen LogP contribution < -0.4 is 11.1 Å². The molecule has 8 heteroatoms. The van der Waals surface area contributed by atoms with Gasteiger partial charge in [0.2, 0.25) is 0 Å². The van der Waals surface area contributed by atoms with Gasteiger partial charge in [0.15, 0.2) is 17.7 Å². The van der Waals surface area contributed by atoms with Crippen LogP contribution in [0.2, 0.25) is 0 Å². The van der Waals surface area contributed by atoms with Crippen molar-refractivity contribution >= 4 is 33.1 Å². The quantitative estimate of drug-likeness (QED) is 0.736. The molecule has 1 aliphatic heterocycles. The molecule has 1 atom stereocenters. The highest BCUT2D eigenvalue weighted by molar-refractivity contribution is 7.22. The minimum Gasteiger partial charge on any atom is -0.475 e. The van der Waals surface area contributed by atoms with Gasteiger partial charge in [-0.05, 0) is 35.9 Å². The predicted molar refractivity (Wildman–Crippen MR) is 98.1 cm³/mol. The van der Waals surface area contributed by atoms with E-state index in [0.717, 1.165) is 10.4 Å². The Hall–Kier alpha value is -3.26. The summed E-state index contributed by atoms with van der Waals surface area (Å²) in [5, 5.41) is 11.9. The van der Waals surface area contributed by atoms with Crippen LogP contribution in [0.15, 0.2) is 54.8 Å². The van der Waals surface area contributed by atoms with Gasteiger partial charge in [-0.1, -0.05) is 18.2 Å². The minimum absolute atomic E-state index is 0.101. The van der Waals surface area contributed by atoms with Crippen molar-refractivity contribution in [1.29, 1.82) is 0 Å². The van der Waals surface area contributed by atoms with Crippen molar-refractivity contribution in [2.24, 2.45) is 5.73 Å². The minimum atomic E-state index is -0.654. The summed E-state index contributed by atoms with van der Waals surface area (Å²) in [7, 11) is 0. The number of nitrogens with one attached hydrogen (secondary N) is 1. The molecule has 130 valence electrons. The Morgan fingerprint density at radius 1 is 1.23 bits per heavy atom. The number of hydrogen-bond acceptors (Lipinski definition) is 6. The standard InChI is InChI=1S/C18H13FN4O2S/c19-11-6-4-10(5-7-11)13-9-12-16(26-13)15(17(20)24)22-23-18(12)21-14-3-1-2-8-25-14/h1-9,14H,(H2,20,24)(H,21,23). The van der Waals surface area contributed by atoms with E-state index in [1.54, 1.807) is 24.5 Å². The molecule has 4 rings (SSSR count). The SMILES string of the molecule is NC(=O)c1nnc(NC2C=CC=CO2)c2cc(-c3ccc(F)cc3)sc12. The number of carbonyl (C=O) groups is 1. The molecule has 1 aliphatic rings. The second-order valence-corrected chi connectivity index (χ2v) is 6.59. The Balaban J connectivity index is 1.81. The van der Waals surface area contributed by atoms with E-state index in [2.05, 4.69) is 15.5 Å². The first-order valence-corrected chi connectivity index (χ1v) is 8.55. The van der Waals surface area contributed by atoms with Crippen LogP contribution in [-0.2, 0) is 4.74 Å². The number of nitrogens with zero attached hydrogens (tertiary/aromatic N) is 2. The molecule has 0 saturated carbocycles. The summed E-state index contributed by atoms with van der Waals surface area (Å²) in [5.74, 6) is -0.495. The average molecular weight is 368 g/mol. The number of amides is 1. The highest BCUT2D eigenvalue weighted by Gasteiger charge is 2.19. The smallest absolute Gasteiger partial charge is 0.270 e. The lowest BCUT2D eigenvalue weighted by atomic mass is 10.1. The first-order chi connectivity index (χ1) is 12.6. The van der Waals surface area contributed by atoms with Crippen LogP contribution in [0.25, 0.3) is 20.5 Å². The van der Waals surface area contributed by atoms with Gasteiger partial charge in [0.1, 0.15) is 5.82 Å². The lowest BCUT2D eigenvalue weighted by molar-refractivity contribution is 0.0996. The number of halogens is 1. The summed E-state index contributed by atoms with van der Waals surface area (Å²) in [6.45, 7) is 0. The Kier molecular flexibility index (Phi) is 4.10. The molecule has 0 radical (unpaired) electrons. The third kappa shape index (κ3) is 3.02. The van der Waals surface area contributed by atoms with E-state index in [0.29, 0.717) is 15.9 Å². The van der Waals surface area contributed by atoms with Gasteiger partial charge in [-0.3, -0.25) is 4.79 Å². The first kappa shape index (κ1) is 16.2. The number of allylic oxidation sites excluding steroid dienone is 2. The molecule has 1 aromatic carbocycles. The lowest BCUT2D eigenvalue weighted by Crippen LogP contribution is -2.21. The molecule has 3 heterocycles. The summed E-state index contributed by atoms with van der Waals surface area (Å²) in [5.41, 5.74) is 6.36. The van der Waals surface area contributed by atoms with E-state index >= 15 is 0 Å². The molecule has 3 aromatic rings. The number of carbonyl (C=O) groups excluding carboxylic acids is 1. The summed E-state index contributed by atoms with van der Waals surface area (Å²) in [6.07, 6.45) is 6.61. The van der Waals surface area contributed by atoms with Crippen LogP contribution in [0.3, 0.4) is 0 Å². The van der Waals surface area contributed by atoms with Gasteiger partial charge >= 0.3 is 0 Å². The van der Waals surface area contributed by atoms with Gasteiger partial charge < -0.3 is 15.8 Å². The maximum atomic E-state index is 13.2. The Bertz CT molecular complexity index is 1040. The Morgan fingerprint density at radius 3 is 2.73 bits per heavy atom.